The van der Waals surface area contributed by atoms with Gasteiger partial charge < -0.3 is 38.7 Å². The van der Waals surface area contributed by atoms with Crippen molar-refractivity contribution in [1.29, 1.82) is 0 Å². The van der Waals surface area contributed by atoms with E-state index in [1.807, 2.05) is 16.7 Å². The monoisotopic (exact) mass is 405 g/mol. The van der Waals surface area contributed by atoms with Gasteiger partial charge in [0.05, 0.1) is 50.3 Å². The van der Waals surface area contributed by atoms with Gasteiger partial charge in [-0.1, -0.05) is 0 Å². The number of fused-ring (bicyclic) bond motifs is 3. The highest BCUT2D eigenvalue weighted by atomic mass is 16.7. The molecule has 2 aromatic rings. The van der Waals surface area contributed by atoms with E-state index in [-0.39, 0.29) is 12.1 Å². The first-order valence-electron chi connectivity index (χ1n) is 10.1. The summed E-state index contributed by atoms with van der Waals surface area (Å²) in [4.78, 5) is 4.50. The molecule has 9 heteroatoms. The number of aromatic nitrogens is 2. The zero-order chi connectivity index (χ0) is 20.0. The van der Waals surface area contributed by atoms with Crippen molar-refractivity contribution in [2.75, 3.05) is 34.0 Å². The Balaban J connectivity index is 1.48. The van der Waals surface area contributed by atoms with Gasteiger partial charge in [-0.2, -0.15) is 0 Å². The number of aliphatic hydroxyl groups is 1. The molecule has 1 aromatic carbocycles. The third-order valence-electron chi connectivity index (χ3n) is 6.18. The maximum atomic E-state index is 11.3. The lowest BCUT2D eigenvalue weighted by Gasteiger charge is -2.41. The van der Waals surface area contributed by atoms with Crippen LogP contribution in [0.5, 0.6) is 11.5 Å². The standard InChI is InChI=1S/C20H27N3O6/c1-25-14-7-12-13(8-15(14)26-2)23(10-21-12)18-19(24)17(16-9-28-20(18)29-16)22-11-3-5-27-6-4-11/h7-8,10-11,16-20,22,24H,3-6,9H2,1-2H3. The van der Waals surface area contributed by atoms with Gasteiger partial charge in [0.15, 0.2) is 17.8 Å². The minimum Gasteiger partial charge on any atom is -0.493 e. The Bertz CT molecular complexity index is 867. The van der Waals surface area contributed by atoms with E-state index in [4.69, 9.17) is 23.7 Å². The summed E-state index contributed by atoms with van der Waals surface area (Å²) in [6, 6.07) is 3.36. The number of nitrogens with zero attached hydrogens (tertiary/aromatic N) is 2. The van der Waals surface area contributed by atoms with Crippen molar-refractivity contribution in [3.8, 4) is 11.5 Å². The molecule has 2 N–H and O–H groups in total. The van der Waals surface area contributed by atoms with Crippen molar-refractivity contribution in [1.82, 2.24) is 14.9 Å². The van der Waals surface area contributed by atoms with Crippen LogP contribution in [0.3, 0.4) is 0 Å². The van der Waals surface area contributed by atoms with Crippen LogP contribution >= 0.6 is 0 Å². The van der Waals surface area contributed by atoms with E-state index in [9.17, 15) is 5.11 Å². The van der Waals surface area contributed by atoms with Crippen LogP contribution in [0.25, 0.3) is 11.0 Å². The summed E-state index contributed by atoms with van der Waals surface area (Å²) in [5.41, 5.74) is 1.58. The fourth-order valence-corrected chi connectivity index (χ4v) is 4.63. The van der Waals surface area contributed by atoms with Gasteiger partial charge in [-0.3, -0.25) is 0 Å². The number of aliphatic hydroxyl groups excluding tert-OH is 1. The summed E-state index contributed by atoms with van der Waals surface area (Å²) >= 11 is 0. The molecule has 5 atom stereocenters. The van der Waals surface area contributed by atoms with Crippen molar-refractivity contribution < 1.29 is 28.8 Å². The molecule has 0 spiro atoms. The lowest BCUT2D eigenvalue weighted by Crippen LogP contribution is -2.60. The third-order valence-corrected chi connectivity index (χ3v) is 6.18. The molecule has 5 rings (SSSR count). The molecular weight excluding hydrogens is 378 g/mol. The third kappa shape index (κ3) is 3.27. The summed E-state index contributed by atoms with van der Waals surface area (Å²) in [6.07, 6.45) is 2.20. The second-order valence-corrected chi connectivity index (χ2v) is 7.78. The molecule has 5 unspecified atom stereocenters. The zero-order valence-electron chi connectivity index (χ0n) is 16.6. The molecule has 0 aliphatic carbocycles. The quantitative estimate of drug-likeness (QED) is 0.756. The van der Waals surface area contributed by atoms with Crippen LogP contribution in [0, 0.1) is 0 Å². The lowest BCUT2D eigenvalue weighted by atomic mass is 9.94. The second kappa shape index (κ2) is 7.73. The first kappa shape index (κ1) is 19.1. The molecule has 158 valence electrons. The van der Waals surface area contributed by atoms with Gasteiger partial charge in [-0.25, -0.2) is 4.98 Å². The number of hydrogen-bond donors (Lipinski definition) is 2. The molecule has 2 bridgehead atoms. The van der Waals surface area contributed by atoms with Gasteiger partial charge in [-0.05, 0) is 12.8 Å². The molecule has 9 nitrogen and oxygen atoms in total. The Labute approximate surface area is 168 Å². The van der Waals surface area contributed by atoms with Crippen molar-refractivity contribution in [3.63, 3.8) is 0 Å². The predicted molar refractivity (Wildman–Crippen MR) is 103 cm³/mol. The Hall–Kier alpha value is -1.91. The van der Waals surface area contributed by atoms with Crippen molar-refractivity contribution >= 4 is 11.0 Å². The SMILES string of the molecule is COc1cc2ncn(C3C4OCC(O4)C(NC4CCOCC4)C3O)c2cc1OC. The zero-order valence-corrected chi connectivity index (χ0v) is 16.6. The van der Waals surface area contributed by atoms with Gasteiger partial charge in [-0.15, -0.1) is 0 Å². The fourth-order valence-electron chi connectivity index (χ4n) is 4.63. The molecule has 0 radical (unpaired) electrons. The van der Waals surface area contributed by atoms with E-state index >= 15 is 0 Å². The number of ether oxygens (including phenoxy) is 5. The molecule has 4 heterocycles. The van der Waals surface area contributed by atoms with Crippen LogP contribution in [0.2, 0.25) is 0 Å². The Morgan fingerprint density at radius 1 is 1.17 bits per heavy atom. The van der Waals surface area contributed by atoms with Crippen molar-refractivity contribution in [2.45, 2.75) is 49.5 Å². The van der Waals surface area contributed by atoms with E-state index in [1.54, 1.807) is 20.5 Å². The molecule has 3 fully saturated rings. The maximum absolute atomic E-state index is 11.3. The van der Waals surface area contributed by atoms with E-state index in [0.29, 0.717) is 24.1 Å². The normalized spacial score (nSPS) is 32.6. The predicted octanol–water partition coefficient (Wildman–Crippen LogP) is 0.848. The van der Waals surface area contributed by atoms with Gasteiger partial charge in [0, 0.05) is 31.4 Å². The van der Waals surface area contributed by atoms with Gasteiger partial charge >= 0.3 is 0 Å². The molecule has 29 heavy (non-hydrogen) atoms. The largest absolute Gasteiger partial charge is 0.493 e. The molecule has 3 aliphatic heterocycles. The van der Waals surface area contributed by atoms with Gasteiger partial charge in [0.25, 0.3) is 0 Å². The number of rotatable bonds is 5. The summed E-state index contributed by atoms with van der Waals surface area (Å²) in [5.74, 6) is 1.22. The first-order valence-corrected chi connectivity index (χ1v) is 10.1. The molecular formula is C20H27N3O6. The van der Waals surface area contributed by atoms with Gasteiger partial charge in [0.2, 0.25) is 0 Å². The Kier molecular flexibility index (Phi) is 5.09. The molecule has 0 amide bonds. The van der Waals surface area contributed by atoms with Crippen molar-refractivity contribution in [2.24, 2.45) is 0 Å². The maximum Gasteiger partial charge on any atom is 0.181 e. The second-order valence-electron chi connectivity index (χ2n) is 7.78. The summed E-state index contributed by atoms with van der Waals surface area (Å²) in [7, 11) is 3.19. The van der Waals surface area contributed by atoms with Gasteiger partial charge in [0.1, 0.15) is 12.1 Å². The van der Waals surface area contributed by atoms with Crippen LogP contribution in [0.15, 0.2) is 18.5 Å². The van der Waals surface area contributed by atoms with E-state index < -0.39 is 18.4 Å². The van der Waals surface area contributed by atoms with Crippen LogP contribution < -0.4 is 14.8 Å². The van der Waals surface area contributed by atoms with Crippen LogP contribution in [-0.2, 0) is 14.2 Å². The molecule has 3 saturated heterocycles. The van der Waals surface area contributed by atoms with Crippen molar-refractivity contribution in [3.05, 3.63) is 18.5 Å². The molecule has 0 saturated carbocycles. The van der Waals surface area contributed by atoms with E-state index in [0.717, 1.165) is 37.1 Å². The van der Waals surface area contributed by atoms with E-state index in [2.05, 4.69) is 10.3 Å². The minimum absolute atomic E-state index is 0.168. The Morgan fingerprint density at radius 2 is 1.93 bits per heavy atom. The molecule has 1 aromatic heterocycles. The average molecular weight is 405 g/mol. The smallest absolute Gasteiger partial charge is 0.181 e. The number of methoxy groups -OCH3 is 2. The summed E-state index contributed by atoms with van der Waals surface area (Å²) < 4.78 is 30.2. The lowest BCUT2D eigenvalue weighted by molar-refractivity contribution is -0.166. The topological polar surface area (TPSA) is 96.2 Å². The highest BCUT2D eigenvalue weighted by Crippen LogP contribution is 2.39. The average Bonchev–Trinajstić information content (AvgIpc) is 3.37. The summed E-state index contributed by atoms with van der Waals surface area (Å²) in [6.45, 7) is 1.94. The Morgan fingerprint density at radius 3 is 2.69 bits per heavy atom. The fraction of sp³-hybridized carbons (Fsp3) is 0.650. The number of imidazole rings is 1. The number of hydrogen-bond acceptors (Lipinski definition) is 8. The number of nitrogens with one attached hydrogen (secondary N) is 1. The minimum atomic E-state index is -0.686. The molecule has 3 aliphatic rings. The number of benzene rings is 1. The first-order chi connectivity index (χ1) is 14.2. The van der Waals surface area contributed by atoms with E-state index in [1.165, 1.54) is 0 Å². The van der Waals surface area contributed by atoms with Crippen LogP contribution in [0.1, 0.15) is 18.9 Å². The van der Waals surface area contributed by atoms with Crippen LogP contribution in [-0.4, -0.2) is 79.3 Å². The highest BCUT2D eigenvalue weighted by Gasteiger charge is 2.51. The van der Waals surface area contributed by atoms with Crippen LogP contribution in [0.4, 0.5) is 0 Å². The highest BCUT2D eigenvalue weighted by molar-refractivity contribution is 5.80. The summed E-state index contributed by atoms with van der Waals surface area (Å²) in [5, 5.41) is 14.9.